The molecule has 2 heterocycles. The Morgan fingerprint density at radius 1 is 0.375 bits per heavy atom. The number of nitrogens with zero attached hydrogens (tertiary/aromatic N) is 3. The normalized spacial score (nSPS) is 11.6. The molecule has 0 amide bonds. The van der Waals surface area contributed by atoms with E-state index in [1.807, 2.05) is 18.2 Å². The van der Waals surface area contributed by atoms with Crippen LogP contribution in [0.15, 0.2) is 205 Å². The van der Waals surface area contributed by atoms with Gasteiger partial charge in [0.25, 0.3) is 0 Å². The summed E-state index contributed by atoms with van der Waals surface area (Å²) in [5.74, 6) is 0. The van der Waals surface area contributed by atoms with Crippen molar-refractivity contribution in [2.24, 2.45) is 0 Å². The number of furan rings is 1. The van der Waals surface area contributed by atoms with Gasteiger partial charge in [-0.25, -0.2) is 9.97 Å². The highest BCUT2D eigenvalue weighted by molar-refractivity contribution is 6.15. The molecule has 0 aliphatic rings. The molecule has 0 saturated heterocycles. The van der Waals surface area contributed by atoms with Gasteiger partial charge in [-0.1, -0.05) is 146 Å². The molecule has 2 aromatic heterocycles. The summed E-state index contributed by atoms with van der Waals surface area (Å²) in [6.07, 6.45) is 0. The average Bonchev–Trinajstić information content (AvgIpc) is 3.65. The summed E-state index contributed by atoms with van der Waals surface area (Å²) in [6.45, 7) is 0. The number of para-hydroxylation sites is 2. The fourth-order valence-corrected chi connectivity index (χ4v) is 8.14. The quantitative estimate of drug-likeness (QED) is 0.161. The zero-order valence-corrected chi connectivity index (χ0v) is 30.3. The minimum absolute atomic E-state index is 0.831. The van der Waals surface area contributed by atoms with E-state index in [0.717, 1.165) is 94.4 Å². The minimum Gasteiger partial charge on any atom is -0.456 e. The Labute approximate surface area is 323 Å². The van der Waals surface area contributed by atoms with Crippen molar-refractivity contribution < 1.29 is 4.42 Å². The van der Waals surface area contributed by atoms with Gasteiger partial charge in [-0.2, -0.15) is 0 Å². The summed E-state index contributed by atoms with van der Waals surface area (Å²) >= 11 is 0. The van der Waals surface area contributed by atoms with Crippen molar-refractivity contribution in [1.29, 1.82) is 0 Å². The molecule has 4 nitrogen and oxygen atoms in total. The van der Waals surface area contributed by atoms with Crippen LogP contribution in [0.5, 0.6) is 0 Å². The van der Waals surface area contributed by atoms with E-state index in [4.69, 9.17) is 14.4 Å². The van der Waals surface area contributed by atoms with Gasteiger partial charge in [-0.3, -0.25) is 0 Å². The van der Waals surface area contributed by atoms with Crippen molar-refractivity contribution in [1.82, 2.24) is 9.97 Å². The minimum atomic E-state index is 0.831. The Hall–Kier alpha value is -7.56. The van der Waals surface area contributed by atoms with Crippen LogP contribution in [0, 0.1) is 0 Å². The van der Waals surface area contributed by atoms with Crippen LogP contribution in [0.1, 0.15) is 0 Å². The van der Waals surface area contributed by atoms with Crippen LogP contribution in [0.25, 0.3) is 88.2 Å². The van der Waals surface area contributed by atoms with Crippen molar-refractivity contribution in [2.75, 3.05) is 4.90 Å². The van der Waals surface area contributed by atoms with Crippen molar-refractivity contribution >= 4 is 71.6 Å². The lowest BCUT2D eigenvalue weighted by Gasteiger charge is -2.26. The largest absolute Gasteiger partial charge is 0.456 e. The first-order valence-electron chi connectivity index (χ1n) is 18.9. The molecule has 0 unspecified atom stereocenters. The van der Waals surface area contributed by atoms with Crippen molar-refractivity contribution in [3.63, 3.8) is 0 Å². The van der Waals surface area contributed by atoms with Gasteiger partial charge in [0.15, 0.2) is 0 Å². The SMILES string of the molecule is c1ccc(-c2nc3ccc4ccc(-c5cc(N(c6ccccc6)c6ccc7ccccc7c6)cc6oc7ccccc7c56)cc4c3nc2-c2ccccc2)cc1. The van der Waals surface area contributed by atoms with E-state index < -0.39 is 0 Å². The molecule has 11 aromatic rings. The number of anilines is 3. The molecule has 0 spiro atoms. The second-order valence-electron chi connectivity index (χ2n) is 14.2. The smallest absolute Gasteiger partial charge is 0.138 e. The molecule has 0 radical (unpaired) electrons. The van der Waals surface area contributed by atoms with Gasteiger partial charge >= 0.3 is 0 Å². The molecule has 0 bridgehead atoms. The standard InChI is InChI=1S/C52H33N3O/c1-4-15-36(16-5-1)50-51(37-17-6-2-7-18-37)54-52-45-31-39(25-24-35(45)27-29-46(52)53-50)44-32-42(33-48-49(44)43-22-12-13-23-47(43)56-48)55(40-20-8-3-9-21-40)41-28-26-34-14-10-11-19-38(34)30-41/h1-33H. The molecule has 0 atom stereocenters. The van der Waals surface area contributed by atoms with Crippen molar-refractivity contribution in [3.05, 3.63) is 200 Å². The molecule has 56 heavy (non-hydrogen) atoms. The maximum Gasteiger partial charge on any atom is 0.138 e. The van der Waals surface area contributed by atoms with Crippen LogP contribution in [-0.2, 0) is 0 Å². The zero-order chi connectivity index (χ0) is 37.0. The van der Waals surface area contributed by atoms with E-state index >= 15 is 0 Å². The van der Waals surface area contributed by atoms with Gasteiger partial charge in [0.05, 0.1) is 28.1 Å². The Balaban J connectivity index is 1.17. The third-order valence-corrected chi connectivity index (χ3v) is 10.8. The summed E-state index contributed by atoms with van der Waals surface area (Å²) in [7, 11) is 0. The molecule has 0 fully saturated rings. The Morgan fingerprint density at radius 3 is 1.80 bits per heavy atom. The highest BCUT2D eigenvalue weighted by Gasteiger charge is 2.21. The van der Waals surface area contributed by atoms with Crippen LogP contribution in [0.2, 0.25) is 0 Å². The predicted octanol–water partition coefficient (Wildman–Crippen LogP) is 14.3. The number of hydrogen-bond acceptors (Lipinski definition) is 4. The zero-order valence-electron chi connectivity index (χ0n) is 30.3. The van der Waals surface area contributed by atoms with E-state index in [1.165, 1.54) is 10.8 Å². The first-order valence-corrected chi connectivity index (χ1v) is 18.9. The second kappa shape index (κ2) is 13.1. The lowest BCUT2D eigenvalue weighted by atomic mass is 9.95. The highest BCUT2D eigenvalue weighted by atomic mass is 16.3. The lowest BCUT2D eigenvalue weighted by Crippen LogP contribution is -2.10. The summed E-state index contributed by atoms with van der Waals surface area (Å²) in [5, 5.41) is 6.70. The molecule has 0 aliphatic heterocycles. The van der Waals surface area contributed by atoms with Gasteiger partial charge in [-0.05, 0) is 75.8 Å². The van der Waals surface area contributed by atoms with E-state index in [0.29, 0.717) is 0 Å². The monoisotopic (exact) mass is 715 g/mol. The van der Waals surface area contributed by atoms with Crippen LogP contribution >= 0.6 is 0 Å². The second-order valence-corrected chi connectivity index (χ2v) is 14.2. The first kappa shape index (κ1) is 31.9. The van der Waals surface area contributed by atoms with Crippen molar-refractivity contribution in [3.8, 4) is 33.6 Å². The Morgan fingerprint density at radius 2 is 1.02 bits per heavy atom. The molecule has 262 valence electrons. The lowest BCUT2D eigenvalue weighted by molar-refractivity contribution is 0.669. The number of fused-ring (bicyclic) bond motifs is 7. The van der Waals surface area contributed by atoms with Crippen LogP contribution < -0.4 is 4.90 Å². The predicted molar refractivity (Wildman–Crippen MR) is 233 cm³/mol. The Kier molecular flexibility index (Phi) is 7.46. The van der Waals surface area contributed by atoms with Gasteiger partial charge < -0.3 is 9.32 Å². The summed E-state index contributed by atoms with van der Waals surface area (Å²) < 4.78 is 6.68. The molecule has 4 heteroatoms. The maximum atomic E-state index is 6.68. The molecular formula is C52H33N3O. The number of benzene rings is 9. The van der Waals surface area contributed by atoms with E-state index in [1.54, 1.807) is 0 Å². The van der Waals surface area contributed by atoms with Gasteiger partial charge in [0.1, 0.15) is 11.2 Å². The molecule has 0 saturated carbocycles. The summed E-state index contributed by atoms with van der Waals surface area (Å²) in [4.78, 5) is 13.1. The van der Waals surface area contributed by atoms with E-state index in [2.05, 4.69) is 187 Å². The van der Waals surface area contributed by atoms with Gasteiger partial charge in [0.2, 0.25) is 0 Å². The molecule has 0 aliphatic carbocycles. The number of aromatic nitrogens is 2. The molecule has 0 N–H and O–H groups in total. The summed E-state index contributed by atoms with van der Waals surface area (Å²) in [6, 6.07) is 70.2. The van der Waals surface area contributed by atoms with Crippen LogP contribution in [-0.4, -0.2) is 9.97 Å². The Bertz CT molecular complexity index is 3250. The maximum absolute atomic E-state index is 6.68. The number of rotatable bonds is 6. The van der Waals surface area contributed by atoms with E-state index in [9.17, 15) is 0 Å². The topological polar surface area (TPSA) is 42.2 Å². The number of hydrogen-bond donors (Lipinski definition) is 0. The molecular weight excluding hydrogens is 683 g/mol. The summed E-state index contributed by atoms with van der Waals surface area (Å²) in [5.41, 5.74) is 12.5. The third kappa shape index (κ3) is 5.39. The van der Waals surface area contributed by atoms with E-state index in [-0.39, 0.29) is 0 Å². The van der Waals surface area contributed by atoms with Crippen molar-refractivity contribution in [2.45, 2.75) is 0 Å². The average molecular weight is 716 g/mol. The van der Waals surface area contributed by atoms with Gasteiger partial charge in [-0.15, -0.1) is 0 Å². The van der Waals surface area contributed by atoms with Crippen LogP contribution in [0.4, 0.5) is 17.1 Å². The first-order chi connectivity index (χ1) is 27.7. The fraction of sp³-hybridized carbons (Fsp3) is 0. The molecule has 9 aromatic carbocycles. The fourth-order valence-electron chi connectivity index (χ4n) is 8.14. The van der Waals surface area contributed by atoms with Crippen LogP contribution in [0.3, 0.4) is 0 Å². The third-order valence-electron chi connectivity index (χ3n) is 10.8. The van der Waals surface area contributed by atoms with Gasteiger partial charge in [0, 0.05) is 44.7 Å². The molecule has 11 rings (SSSR count). The highest BCUT2D eigenvalue weighted by Crippen LogP contribution is 2.45.